The van der Waals surface area contributed by atoms with Gasteiger partial charge in [0.15, 0.2) is 0 Å². The van der Waals surface area contributed by atoms with Crippen molar-refractivity contribution in [1.29, 1.82) is 0 Å². The Morgan fingerprint density at radius 1 is 1.14 bits per heavy atom. The zero-order valence-corrected chi connectivity index (χ0v) is 11.6. The van der Waals surface area contributed by atoms with Crippen LogP contribution in [0.2, 0.25) is 5.02 Å². The summed E-state index contributed by atoms with van der Waals surface area (Å²) in [6.45, 7) is 0. The van der Waals surface area contributed by atoms with Crippen molar-refractivity contribution in [3.05, 3.63) is 58.4 Å². The molecule has 0 unspecified atom stereocenters. The third kappa shape index (κ3) is 3.48. The smallest absolute Gasteiger partial charge is 0.399 e. The molecule has 2 aromatic rings. The van der Waals surface area contributed by atoms with Gasteiger partial charge in [-0.25, -0.2) is 4.39 Å². The molecule has 0 aliphatic carbocycles. The molecule has 3 N–H and O–H groups in total. The van der Waals surface area contributed by atoms with Crippen LogP contribution in [0.3, 0.4) is 0 Å². The van der Waals surface area contributed by atoms with E-state index in [-0.39, 0.29) is 22.0 Å². The maximum atomic E-state index is 13.4. The summed E-state index contributed by atoms with van der Waals surface area (Å²) >= 11 is 5.83. The van der Waals surface area contributed by atoms with Gasteiger partial charge < -0.3 is 11.1 Å². The summed E-state index contributed by atoms with van der Waals surface area (Å²) in [7, 11) is 0. The number of nitrogens with two attached hydrogens (primary N) is 1. The van der Waals surface area contributed by atoms with Gasteiger partial charge in [0.2, 0.25) is 0 Å². The van der Waals surface area contributed by atoms with Crippen LogP contribution in [0.1, 0.15) is 15.9 Å². The van der Waals surface area contributed by atoms with E-state index < -0.39 is 23.5 Å². The maximum absolute atomic E-state index is 13.4. The average Bonchev–Trinajstić information content (AvgIpc) is 2.40. The first-order chi connectivity index (χ1) is 10.2. The van der Waals surface area contributed by atoms with Crippen LogP contribution in [0.15, 0.2) is 36.4 Å². The Hall–Kier alpha value is -2.28. The van der Waals surface area contributed by atoms with E-state index in [2.05, 4.69) is 5.32 Å². The van der Waals surface area contributed by atoms with Crippen LogP contribution in [-0.2, 0) is 6.18 Å². The molecule has 0 aromatic heterocycles. The van der Waals surface area contributed by atoms with Gasteiger partial charge in [-0.15, -0.1) is 0 Å². The fourth-order valence-corrected chi connectivity index (χ4v) is 1.94. The van der Waals surface area contributed by atoms with Gasteiger partial charge in [-0.1, -0.05) is 11.6 Å². The molecule has 0 aliphatic rings. The lowest BCUT2D eigenvalue weighted by Gasteiger charge is -2.11. The summed E-state index contributed by atoms with van der Waals surface area (Å²) < 4.78 is 50.8. The maximum Gasteiger partial charge on any atom is 0.419 e. The SMILES string of the molecule is Nc1ccc(Cl)c(C(=O)Nc2ccc(C(F)(F)F)c(F)c2)c1. The van der Waals surface area contributed by atoms with E-state index in [0.717, 1.165) is 6.07 Å². The third-order valence-electron chi connectivity index (χ3n) is 2.77. The summed E-state index contributed by atoms with van der Waals surface area (Å²) in [5.74, 6) is -2.19. The minimum atomic E-state index is -4.80. The lowest BCUT2D eigenvalue weighted by Crippen LogP contribution is -2.14. The third-order valence-corrected chi connectivity index (χ3v) is 3.10. The minimum Gasteiger partial charge on any atom is -0.399 e. The molecule has 116 valence electrons. The molecular weight excluding hydrogens is 324 g/mol. The normalized spacial score (nSPS) is 11.3. The molecule has 1 amide bonds. The van der Waals surface area contributed by atoms with Crippen molar-refractivity contribution in [3.8, 4) is 0 Å². The number of nitrogen functional groups attached to an aromatic ring is 1. The number of benzene rings is 2. The first-order valence-electron chi connectivity index (χ1n) is 5.91. The topological polar surface area (TPSA) is 55.1 Å². The Morgan fingerprint density at radius 2 is 1.82 bits per heavy atom. The number of rotatable bonds is 2. The largest absolute Gasteiger partial charge is 0.419 e. The quantitative estimate of drug-likeness (QED) is 0.635. The standard InChI is InChI=1S/C14H9ClF4N2O/c15-11-4-1-7(20)5-9(11)13(22)21-8-2-3-10(12(16)6-8)14(17,18)19/h1-6H,20H2,(H,21,22). The van der Waals surface area contributed by atoms with Gasteiger partial charge in [0.25, 0.3) is 5.91 Å². The van der Waals surface area contributed by atoms with Crippen molar-refractivity contribution < 1.29 is 22.4 Å². The van der Waals surface area contributed by atoms with Crippen molar-refractivity contribution in [2.75, 3.05) is 11.1 Å². The predicted molar refractivity (Wildman–Crippen MR) is 75.2 cm³/mol. The molecule has 8 heteroatoms. The van der Waals surface area contributed by atoms with Crippen molar-refractivity contribution in [2.45, 2.75) is 6.18 Å². The van der Waals surface area contributed by atoms with Crippen molar-refractivity contribution >= 4 is 28.9 Å². The summed E-state index contributed by atoms with van der Waals surface area (Å²) in [5, 5.41) is 2.37. The molecule has 0 bridgehead atoms. The van der Waals surface area contributed by atoms with Gasteiger partial charge in [-0.05, 0) is 36.4 Å². The fourth-order valence-electron chi connectivity index (χ4n) is 1.74. The van der Waals surface area contributed by atoms with Crippen molar-refractivity contribution in [3.63, 3.8) is 0 Å². The van der Waals surface area contributed by atoms with Crippen LogP contribution in [0.4, 0.5) is 28.9 Å². The zero-order valence-electron chi connectivity index (χ0n) is 10.8. The Balaban J connectivity index is 2.26. The first kappa shape index (κ1) is 16.1. The lowest BCUT2D eigenvalue weighted by atomic mass is 10.1. The van der Waals surface area contributed by atoms with E-state index in [1.54, 1.807) is 0 Å². The highest BCUT2D eigenvalue weighted by Crippen LogP contribution is 2.32. The van der Waals surface area contributed by atoms with Gasteiger partial charge in [0.05, 0.1) is 16.1 Å². The molecule has 22 heavy (non-hydrogen) atoms. The molecular formula is C14H9ClF4N2O. The van der Waals surface area contributed by atoms with E-state index in [1.165, 1.54) is 18.2 Å². The Bertz CT molecular complexity index is 731. The minimum absolute atomic E-state index is 0.0296. The van der Waals surface area contributed by atoms with Crippen LogP contribution in [0.25, 0.3) is 0 Å². The molecule has 2 aromatic carbocycles. The Labute approximate surface area is 127 Å². The monoisotopic (exact) mass is 332 g/mol. The molecule has 3 nitrogen and oxygen atoms in total. The number of hydrogen-bond donors (Lipinski definition) is 2. The molecule has 2 rings (SSSR count). The molecule has 0 radical (unpaired) electrons. The second kappa shape index (κ2) is 5.84. The highest BCUT2D eigenvalue weighted by molar-refractivity contribution is 6.34. The second-order valence-electron chi connectivity index (χ2n) is 4.39. The van der Waals surface area contributed by atoms with Gasteiger partial charge in [-0.2, -0.15) is 13.2 Å². The number of nitrogens with one attached hydrogen (secondary N) is 1. The van der Waals surface area contributed by atoms with Gasteiger partial charge in [0, 0.05) is 11.4 Å². The average molecular weight is 333 g/mol. The highest BCUT2D eigenvalue weighted by Gasteiger charge is 2.34. The second-order valence-corrected chi connectivity index (χ2v) is 4.79. The van der Waals surface area contributed by atoms with Crippen LogP contribution in [0, 0.1) is 5.82 Å². The Kier molecular flexibility index (Phi) is 4.27. The van der Waals surface area contributed by atoms with E-state index in [0.29, 0.717) is 12.1 Å². The lowest BCUT2D eigenvalue weighted by molar-refractivity contribution is -0.139. The van der Waals surface area contributed by atoms with Crippen molar-refractivity contribution in [1.82, 2.24) is 0 Å². The number of anilines is 2. The molecule has 0 atom stereocenters. The summed E-state index contributed by atoms with van der Waals surface area (Å²) in [5.41, 5.74) is 4.30. The molecule has 0 fully saturated rings. The highest BCUT2D eigenvalue weighted by atomic mass is 35.5. The first-order valence-corrected chi connectivity index (χ1v) is 6.29. The van der Waals surface area contributed by atoms with E-state index in [9.17, 15) is 22.4 Å². The number of alkyl halides is 3. The Morgan fingerprint density at radius 3 is 2.41 bits per heavy atom. The number of halogens is 5. The number of carbonyl (C=O) groups excluding carboxylic acids is 1. The van der Waals surface area contributed by atoms with Gasteiger partial charge in [0.1, 0.15) is 5.82 Å². The van der Waals surface area contributed by atoms with Crippen LogP contribution in [0.5, 0.6) is 0 Å². The van der Waals surface area contributed by atoms with E-state index >= 15 is 0 Å². The van der Waals surface area contributed by atoms with Gasteiger partial charge >= 0.3 is 6.18 Å². The summed E-state index contributed by atoms with van der Waals surface area (Å²) in [6, 6.07) is 6.27. The summed E-state index contributed by atoms with van der Waals surface area (Å²) in [6.07, 6.45) is -4.80. The van der Waals surface area contributed by atoms with E-state index in [4.69, 9.17) is 17.3 Å². The number of carbonyl (C=O) groups is 1. The zero-order chi connectivity index (χ0) is 16.5. The number of hydrogen-bond acceptors (Lipinski definition) is 2. The van der Waals surface area contributed by atoms with Crippen LogP contribution >= 0.6 is 11.6 Å². The van der Waals surface area contributed by atoms with Crippen molar-refractivity contribution in [2.24, 2.45) is 0 Å². The van der Waals surface area contributed by atoms with Gasteiger partial charge in [-0.3, -0.25) is 4.79 Å². The van der Waals surface area contributed by atoms with E-state index in [1.807, 2.05) is 0 Å². The molecule has 0 aliphatic heterocycles. The molecule has 0 saturated carbocycles. The molecule has 0 saturated heterocycles. The predicted octanol–water partition coefficient (Wildman–Crippen LogP) is 4.33. The number of amides is 1. The summed E-state index contributed by atoms with van der Waals surface area (Å²) in [4.78, 5) is 12.0. The molecule has 0 spiro atoms. The fraction of sp³-hybridized carbons (Fsp3) is 0.0714. The van der Waals surface area contributed by atoms with Crippen LogP contribution < -0.4 is 11.1 Å². The molecule has 0 heterocycles. The van der Waals surface area contributed by atoms with Crippen LogP contribution in [-0.4, -0.2) is 5.91 Å².